The number of nitrogens with two attached hydrogens (primary N) is 1. The van der Waals surface area contributed by atoms with Gasteiger partial charge in [-0.2, -0.15) is 0 Å². The Morgan fingerprint density at radius 1 is 0.804 bits per heavy atom. The van der Waals surface area contributed by atoms with Crippen molar-refractivity contribution >= 4 is 41.3 Å². The van der Waals surface area contributed by atoms with E-state index in [2.05, 4.69) is 28.6 Å². The van der Waals surface area contributed by atoms with Crippen molar-refractivity contribution in [2.45, 2.75) is 56.6 Å². The van der Waals surface area contributed by atoms with Gasteiger partial charge in [0.2, 0.25) is 12.2 Å². The standard InChI is InChI=1S/C20H18O8.C13H17N3S.H2O/c1-11-3-7-13(8-4-11)19(25)27-15(17(21)22)16(18(23)24)28-20(26)14-9-5-12(2)6-10-14;1-2-7-16-10-15-8-12(16)9-17-13-5-3-11(14)4-6-13;/h3-10,15-16H,1-2H3,(H,21,22)(H,23,24);3-6,8,10H,2,7,9,14H2,1H3;1H2/t15-,16-;;/m0../s1. The van der Waals surface area contributed by atoms with Gasteiger partial charge in [-0.3, -0.25) is 0 Å². The monoisotopic (exact) mass is 651 g/mol. The SMILES string of the molecule is CCCn1cncc1CSc1ccc(N)cc1.Cc1ccc(C(=O)O[C@H](C(=O)O)[C@H](OC(=O)c2ccc(C)cc2)C(=O)O)cc1.O. The zero-order valence-corrected chi connectivity index (χ0v) is 26.4. The summed E-state index contributed by atoms with van der Waals surface area (Å²) in [5.41, 5.74) is 9.53. The van der Waals surface area contributed by atoms with E-state index in [4.69, 9.17) is 15.2 Å². The Bertz CT molecular complexity index is 1510. The average Bonchev–Trinajstić information content (AvgIpc) is 3.46. The van der Waals surface area contributed by atoms with Crippen LogP contribution in [0.4, 0.5) is 5.69 Å². The molecule has 2 atom stereocenters. The zero-order chi connectivity index (χ0) is 32.9. The minimum absolute atomic E-state index is 0. The van der Waals surface area contributed by atoms with Crippen LogP contribution in [0.15, 0.2) is 90.2 Å². The first-order valence-corrected chi connectivity index (χ1v) is 14.9. The fourth-order valence-electron chi connectivity index (χ4n) is 3.86. The highest BCUT2D eigenvalue weighted by Gasteiger charge is 2.41. The molecule has 0 bridgehead atoms. The Morgan fingerprint density at radius 3 is 1.67 bits per heavy atom. The van der Waals surface area contributed by atoms with E-state index in [1.54, 1.807) is 38.1 Å². The molecule has 3 aromatic carbocycles. The van der Waals surface area contributed by atoms with Gasteiger partial charge >= 0.3 is 23.9 Å². The molecule has 46 heavy (non-hydrogen) atoms. The third-order valence-corrected chi connectivity index (χ3v) is 7.38. The molecular formula is C33H37N3O9S. The summed E-state index contributed by atoms with van der Waals surface area (Å²) < 4.78 is 11.9. The molecule has 1 aromatic heterocycles. The molecule has 0 radical (unpaired) electrons. The summed E-state index contributed by atoms with van der Waals surface area (Å²) in [6.45, 7) is 6.80. The van der Waals surface area contributed by atoms with Crippen molar-refractivity contribution in [3.8, 4) is 0 Å². The van der Waals surface area contributed by atoms with Gasteiger partial charge in [0, 0.05) is 34.8 Å². The number of nitrogen functional groups attached to an aromatic ring is 1. The Kier molecular flexibility index (Phi) is 14.5. The number of ether oxygens (including phenoxy) is 2. The number of thioether (sulfide) groups is 1. The number of aromatic nitrogens is 2. The van der Waals surface area contributed by atoms with Crippen LogP contribution in [0.1, 0.15) is 50.9 Å². The predicted molar refractivity (Wildman–Crippen MR) is 173 cm³/mol. The Morgan fingerprint density at radius 2 is 1.26 bits per heavy atom. The Labute approximate surface area is 270 Å². The van der Waals surface area contributed by atoms with E-state index in [-0.39, 0.29) is 16.6 Å². The Hall–Kier alpha value is -5.14. The summed E-state index contributed by atoms with van der Waals surface area (Å²) in [7, 11) is 0. The van der Waals surface area contributed by atoms with Crippen LogP contribution in [0.3, 0.4) is 0 Å². The van der Waals surface area contributed by atoms with Crippen LogP contribution in [-0.4, -0.2) is 61.3 Å². The van der Waals surface area contributed by atoms with Crippen molar-refractivity contribution in [1.29, 1.82) is 0 Å². The molecule has 0 saturated carbocycles. The lowest BCUT2D eigenvalue weighted by Gasteiger charge is -2.21. The number of carbonyl (C=O) groups excluding carboxylic acids is 2. The second-order valence-electron chi connectivity index (χ2n) is 10.00. The Balaban J connectivity index is 0.000000350. The summed E-state index contributed by atoms with van der Waals surface area (Å²) in [6, 6.07) is 20.1. The number of benzene rings is 3. The van der Waals surface area contributed by atoms with Crippen LogP contribution in [-0.2, 0) is 31.4 Å². The van der Waals surface area contributed by atoms with Gasteiger partial charge in [-0.15, -0.1) is 11.8 Å². The molecule has 13 heteroatoms. The van der Waals surface area contributed by atoms with E-state index in [1.807, 2.05) is 36.4 Å². The number of rotatable bonds is 12. The number of hydrogen-bond acceptors (Lipinski definition) is 9. The summed E-state index contributed by atoms with van der Waals surface area (Å²) in [5.74, 6) is -4.67. The molecule has 6 N–H and O–H groups in total. The average molecular weight is 652 g/mol. The first-order chi connectivity index (χ1) is 21.5. The molecule has 0 saturated heterocycles. The highest BCUT2D eigenvalue weighted by Crippen LogP contribution is 2.23. The van der Waals surface area contributed by atoms with Crippen molar-refractivity contribution in [3.05, 3.63) is 113 Å². The van der Waals surface area contributed by atoms with E-state index in [0.29, 0.717) is 0 Å². The molecule has 0 amide bonds. The van der Waals surface area contributed by atoms with Crippen LogP contribution in [0.5, 0.6) is 0 Å². The molecule has 0 unspecified atom stereocenters. The van der Waals surface area contributed by atoms with Gasteiger partial charge in [-0.25, -0.2) is 24.2 Å². The number of carboxylic acid groups (broad SMARTS) is 2. The van der Waals surface area contributed by atoms with Gasteiger partial charge in [-0.1, -0.05) is 42.3 Å². The zero-order valence-electron chi connectivity index (χ0n) is 25.6. The van der Waals surface area contributed by atoms with Crippen molar-refractivity contribution in [3.63, 3.8) is 0 Å². The number of aryl methyl sites for hydroxylation is 3. The van der Waals surface area contributed by atoms with Crippen molar-refractivity contribution in [2.24, 2.45) is 0 Å². The first-order valence-electron chi connectivity index (χ1n) is 14.0. The number of aliphatic carboxylic acids is 2. The predicted octanol–water partition coefficient (Wildman–Crippen LogP) is 4.57. The van der Waals surface area contributed by atoms with E-state index in [1.165, 1.54) is 34.9 Å². The maximum absolute atomic E-state index is 12.2. The summed E-state index contributed by atoms with van der Waals surface area (Å²) in [5, 5.41) is 18.6. The van der Waals surface area contributed by atoms with E-state index >= 15 is 0 Å². The first kappa shape index (κ1) is 37.0. The van der Waals surface area contributed by atoms with Gasteiger partial charge in [0.05, 0.1) is 17.5 Å². The molecule has 12 nitrogen and oxygen atoms in total. The summed E-state index contributed by atoms with van der Waals surface area (Å²) in [6.07, 6.45) is 0.541. The topological polar surface area (TPSA) is 203 Å². The molecular weight excluding hydrogens is 614 g/mol. The fraction of sp³-hybridized carbons (Fsp3) is 0.242. The van der Waals surface area contributed by atoms with Gasteiger partial charge in [0.15, 0.2) is 0 Å². The highest BCUT2D eigenvalue weighted by molar-refractivity contribution is 7.98. The maximum Gasteiger partial charge on any atom is 0.349 e. The van der Waals surface area contributed by atoms with E-state index < -0.39 is 36.1 Å². The highest BCUT2D eigenvalue weighted by atomic mass is 32.2. The largest absolute Gasteiger partial charge is 0.478 e. The smallest absolute Gasteiger partial charge is 0.349 e. The number of hydrogen-bond donors (Lipinski definition) is 3. The maximum atomic E-state index is 12.2. The van der Waals surface area contributed by atoms with Crippen LogP contribution in [0.25, 0.3) is 0 Å². The fourth-order valence-corrected chi connectivity index (χ4v) is 4.74. The molecule has 0 spiro atoms. The van der Waals surface area contributed by atoms with Crippen LogP contribution < -0.4 is 5.73 Å². The normalized spacial score (nSPS) is 11.5. The van der Waals surface area contributed by atoms with E-state index in [0.717, 1.165) is 35.5 Å². The molecule has 1 heterocycles. The van der Waals surface area contributed by atoms with E-state index in [9.17, 15) is 29.4 Å². The van der Waals surface area contributed by atoms with Crippen LogP contribution >= 0.6 is 11.8 Å². The molecule has 4 rings (SSSR count). The molecule has 244 valence electrons. The van der Waals surface area contributed by atoms with Crippen LogP contribution in [0.2, 0.25) is 0 Å². The third kappa shape index (κ3) is 11.1. The van der Waals surface area contributed by atoms with Gasteiger partial charge < -0.3 is 35.5 Å². The molecule has 0 fully saturated rings. The minimum Gasteiger partial charge on any atom is -0.478 e. The number of nitrogens with zero attached hydrogens (tertiary/aromatic N) is 2. The van der Waals surface area contributed by atoms with Crippen molar-refractivity contribution in [2.75, 3.05) is 5.73 Å². The number of carboxylic acids is 2. The quantitative estimate of drug-likeness (QED) is 0.110. The molecule has 4 aromatic rings. The lowest BCUT2D eigenvalue weighted by Crippen LogP contribution is -2.45. The second-order valence-corrected chi connectivity index (χ2v) is 11.0. The molecule has 0 aliphatic rings. The van der Waals surface area contributed by atoms with Gasteiger partial charge in [0.25, 0.3) is 0 Å². The van der Waals surface area contributed by atoms with Crippen LogP contribution in [0, 0.1) is 13.8 Å². The van der Waals surface area contributed by atoms with Gasteiger partial charge in [-0.05, 0) is 68.8 Å². The summed E-state index contributed by atoms with van der Waals surface area (Å²) >= 11 is 1.81. The number of imidazole rings is 1. The molecule has 0 aliphatic carbocycles. The number of anilines is 1. The van der Waals surface area contributed by atoms with Gasteiger partial charge in [0.1, 0.15) is 0 Å². The lowest BCUT2D eigenvalue weighted by molar-refractivity contribution is -0.166. The van der Waals surface area contributed by atoms with Crippen molar-refractivity contribution < 1.29 is 44.3 Å². The number of carbonyl (C=O) groups is 4. The van der Waals surface area contributed by atoms with Crippen molar-refractivity contribution in [1.82, 2.24) is 9.55 Å². The lowest BCUT2D eigenvalue weighted by atomic mass is 10.1. The summed E-state index contributed by atoms with van der Waals surface area (Å²) in [4.78, 5) is 52.8. The second kappa shape index (κ2) is 18.0. The third-order valence-electron chi connectivity index (χ3n) is 6.33. The number of esters is 2. The minimum atomic E-state index is -2.22. The molecule has 0 aliphatic heterocycles.